The lowest BCUT2D eigenvalue weighted by Gasteiger charge is -2.34. The van der Waals surface area contributed by atoms with Gasteiger partial charge in [-0.05, 0) is 25.2 Å². The molecule has 0 aromatic rings. The summed E-state index contributed by atoms with van der Waals surface area (Å²) in [4.78, 5) is 14.8. The summed E-state index contributed by atoms with van der Waals surface area (Å²) in [5, 5.41) is 3.52. The van der Waals surface area contributed by atoms with Crippen molar-refractivity contribution >= 4 is 5.91 Å². The summed E-state index contributed by atoms with van der Waals surface area (Å²) in [7, 11) is 0. The van der Waals surface area contributed by atoms with E-state index in [2.05, 4.69) is 44.8 Å². The second-order valence-electron chi connectivity index (χ2n) is 6.17. The van der Waals surface area contributed by atoms with Crippen molar-refractivity contribution in [3.8, 4) is 0 Å². The van der Waals surface area contributed by atoms with Crippen molar-refractivity contribution in [3.63, 3.8) is 0 Å². The first kappa shape index (κ1) is 17.4. The van der Waals surface area contributed by atoms with Crippen LogP contribution in [0.25, 0.3) is 0 Å². The summed E-state index contributed by atoms with van der Waals surface area (Å²) in [6, 6.07) is 0.127. The number of ether oxygens (including phenoxy) is 1. The standard InChI is InChI=1S/C16H32N2O2/c1-7-12(6)15-16(19)18(14(8-2)17-15)13(11(4)5)10-20-9-3/h11-15,17H,7-10H2,1-6H3. The van der Waals surface area contributed by atoms with Crippen LogP contribution in [0.15, 0.2) is 0 Å². The average molecular weight is 284 g/mol. The molecule has 1 fully saturated rings. The van der Waals surface area contributed by atoms with Crippen molar-refractivity contribution in [2.24, 2.45) is 11.8 Å². The van der Waals surface area contributed by atoms with E-state index < -0.39 is 0 Å². The fourth-order valence-electron chi connectivity index (χ4n) is 2.86. The third-order valence-corrected chi connectivity index (χ3v) is 4.45. The quantitative estimate of drug-likeness (QED) is 0.745. The summed E-state index contributed by atoms with van der Waals surface area (Å²) in [6.45, 7) is 14.1. The van der Waals surface area contributed by atoms with E-state index in [0.29, 0.717) is 25.0 Å². The highest BCUT2D eigenvalue weighted by molar-refractivity contribution is 5.85. The zero-order valence-electron chi connectivity index (χ0n) is 14.0. The highest BCUT2D eigenvalue weighted by atomic mass is 16.5. The molecular formula is C16H32N2O2. The second kappa shape index (κ2) is 7.99. The maximum Gasteiger partial charge on any atom is 0.241 e. The molecule has 20 heavy (non-hydrogen) atoms. The van der Waals surface area contributed by atoms with Gasteiger partial charge in [0, 0.05) is 6.61 Å². The van der Waals surface area contributed by atoms with Crippen LogP contribution in [-0.2, 0) is 9.53 Å². The van der Waals surface area contributed by atoms with Crippen LogP contribution in [0.1, 0.15) is 54.4 Å². The van der Waals surface area contributed by atoms with Crippen molar-refractivity contribution < 1.29 is 9.53 Å². The third-order valence-electron chi connectivity index (χ3n) is 4.45. The van der Waals surface area contributed by atoms with Gasteiger partial charge >= 0.3 is 0 Å². The van der Waals surface area contributed by atoms with E-state index in [-0.39, 0.29) is 24.2 Å². The summed E-state index contributed by atoms with van der Waals surface area (Å²) >= 11 is 0. The molecule has 118 valence electrons. The van der Waals surface area contributed by atoms with Crippen LogP contribution in [0.2, 0.25) is 0 Å². The number of rotatable bonds is 8. The molecule has 1 heterocycles. The zero-order chi connectivity index (χ0) is 15.3. The van der Waals surface area contributed by atoms with E-state index in [1.54, 1.807) is 0 Å². The molecule has 0 radical (unpaired) electrons. The van der Waals surface area contributed by atoms with Gasteiger partial charge in [0.25, 0.3) is 0 Å². The Hall–Kier alpha value is -0.610. The molecule has 0 aromatic heterocycles. The van der Waals surface area contributed by atoms with Gasteiger partial charge in [0.2, 0.25) is 5.91 Å². The molecule has 0 saturated carbocycles. The topological polar surface area (TPSA) is 41.6 Å². The molecule has 1 aliphatic rings. The molecule has 1 rings (SSSR count). The van der Waals surface area contributed by atoms with E-state index in [1.807, 2.05) is 6.92 Å². The molecule has 0 aliphatic carbocycles. The normalized spacial score (nSPS) is 26.4. The van der Waals surface area contributed by atoms with Gasteiger partial charge in [-0.1, -0.05) is 41.0 Å². The zero-order valence-corrected chi connectivity index (χ0v) is 14.0. The van der Waals surface area contributed by atoms with Crippen LogP contribution in [0.3, 0.4) is 0 Å². The highest BCUT2D eigenvalue weighted by Gasteiger charge is 2.44. The van der Waals surface area contributed by atoms with Gasteiger partial charge in [-0.25, -0.2) is 0 Å². The fourth-order valence-corrected chi connectivity index (χ4v) is 2.86. The predicted molar refractivity (Wildman–Crippen MR) is 82.4 cm³/mol. The fraction of sp³-hybridized carbons (Fsp3) is 0.938. The molecule has 0 aromatic carbocycles. The van der Waals surface area contributed by atoms with Crippen molar-refractivity contribution in [2.75, 3.05) is 13.2 Å². The molecule has 4 heteroatoms. The molecule has 0 bridgehead atoms. The van der Waals surface area contributed by atoms with Crippen LogP contribution in [0, 0.1) is 11.8 Å². The maximum atomic E-state index is 12.8. The first-order chi connectivity index (χ1) is 9.47. The van der Waals surface area contributed by atoms with Crippen LogP contribution in [0.4, 0.5) is 0 Å². The molecular weight excluding hydrogens is 252 g/mol. The minimum absolute atomic E-state index is 0.0344. The number of amides is 1. The average Bonchev–Trinajstić information content (AvgIpc) is 2.75. The van der Waals surface area contributed by atoms with E-state index in [1.165, 1.54) is 0 Å². The predicted octanol–water partition coefficient (Wildman–Crippen LogP) is 2.63. The molecule has 4 unspecified atom stereocenters. The largest absolute Gasteiger partial charge is 0.380 e. The Morgan fingerprint density at radius 3 is 2.35 bits per heavy atom. The SMILES string of the molecule is CCOCC(C(C)C)N1C(=O)C(C(C)CC)NC1CC. The van der Waals surface area contributed by atoms with Crippen molar-refractivity contribution in [3.05, 3.63) is 0 Å². The smallest absolute Gasteiger partial charge is 0.241 e. The van der Waals surface area contributed by atoms with E-state index >= 15 is 0 Å². The number of carbonyl (C=O) groups is 1. The Kier molecular flexibility index (Phi) is 6.96. The van der Waals surface area contributed by atoms with Gasteiger partial charge in [0.1, 0.15) is 0 Å². The highest BCUT2D eigenvalue weighted by Crippen LogP contribution is 2.26. The Bertz CT molecular complexity index is 307. The summed E-state index contributed by atoms with van der Waals surface area (Å²) in [6.07, 6.45) is 2.11. The van der Waals surface area contributed by atoms with Crippen LogP contribution in [0.5, 0.6) is 0 Å². The van der Waals surface area contributed by atoms with Crippen LogP contribution >= 0.6 is 0 Å². The van der Waals surface area contributed by atoms with Gasteiger partial charge in [-0.2, -0.15) is 0 Å². The summed E-state index contributed by atoms with van der Waals surface area (Å²) in [5.41, 5.74) is 0. The van der Waals surface area contributed by atoms with Gasteiger partial charge < -0.3 is 9.64 Å². The molecule has 0 spiro atoms. The van der Waals surface area contributed by atoms with E-state index in [9.17, 15) is 4.79 Å². The van der Waals surface area contributed by atoms with Crippen molar-refractivity contribution in [1.82, 2.24) is 10.2 Å². The number of carbonyl (C=O) groups excluding carboxylic acids is 1. The number of nitrogens with zero attached hydrogens (tertiary/aromatic N) is 1. The Morgan fingerprint density at radius 2 is 1.90 bits per heavy atom. The lowest BCUT2D eigenvalue weighted by atomic mass is 9.98. The minimum Gasteiger partial charge on any atom is -0.380 e. The number of hydrogen-bond donors (Lipinski definition) is 1. The molecule has 4 nitrogen and oxygen atoms in total. The Morgan fingerprint density at radius 1 is 1.25 bits per heavy atom. The maximum absolute atomic E-state index is 12.8. The first-order valence-electron chi connectivity index (χ1n) is 8.13. The van der Waals surface area contributed by atoms with Gasteiger partial charge in [-0.15, -0.1) is 0 Å². The number of hydrogen-bond acceptors (Lipinski definition) is 3. The third kappa shape index (κ3) is 3.73. The summed E-state index contributed by atoms with van der Waals surface area (Å²) < 4.78 is 5.61. The van der Waals surface area contributed by atoms with E-state index in [4.69, 9.17) is 4.74 Å². The lowest BCUT2D eigenvalue weighted by molar-refractivity contribution is -0.135. The van der Waals surface area contributed by atoms with Crippen molar-refractivity contribution in [1.29, 1.82) is 0 Å². The monoisotopic (exact) mass is 284 g/mol. The molecule has 1 aliphatic heterocycles. The van der Waals surface area contributed by atoms with Gasteiger partial charge in [-0.3, -0.25) is 10.1 Å². The van der Waals surface area contributed by atoms with E-state index in [0.717, 1.165) is 12.8 Å². The lowest BCUT2D eigenvalue weighted by Crippen LogP contribution is -2.49. The minimum atomic E-state index is -0.0344. The second-order valence-corrected chi connectivity index (χ2v) is 6.17. The molecule has 1 amide bonds. The first-order valence-corrected chi connectivity index (χ1v) is 8.13. The van der Waals surface area contributed by atoms with Gasteiger partial charge in [0.15, 0.2) is 0 Å². The van der Waals surface area contributed by atoms with Gasteiger partial charge in [0.05, 0.1) is 24.9 Å². The summed E-state index contributed by atoms with van der Waals surface area (Å²) in [5.74, 6) is 1.03. The Labute approximate surface area is 124 Å². The molecule has 1 saturated heterocycles. The molecule has 4 atom stereocenters. The molecule has 1 N–H and O–H groups in total. The van der Waals surface area contributed by atoms with Crippen LogP contribution < -0.4 is 5.32 Å². The van der Waals surface area contributed by atoms with Crippen molar-refractivity contribution in [2.45, 2.75) is 72.6 Å². The Balaban J connectivity index is 2.90. The van der Waals surface area contributed by atoms with Crippen LogP contribution in [-0.4, -0.2) is 42.3 Å². The number of nitrogens with one attached hydrogen (secondary N) is 1.